The molecule has 0 aromatic rings. The number of carbonyl (C=O) groups excluding carboxylic acids is 2. The van der Waals surface area contributed by atoms with E-state index in [-0.39, 0.29) is 28.9 Å². The summed E-state index contributed by atoms with van der Waals surface area (Å²) in [7, 11) is 4.20. The van der Waals surface area contributed by atoms with Crippen LogP contribution in [0.25, 0.3) is 0 Å². The van der Waals surface area contributed by atoms with Crippen LogP contribution in [0.3, 0.4) is 0 Å². The molecule has 0 radical (unpaired) electrons. The monoisotopic (exact) mass is 390 g/mol. The molecule has 4 heteroatoms. The molecule has 0 aromatic heterocycles. The molecule has 0 N–H and O–H groups in total. The maximum Gasteiger partial charge on any atom is 0.158 e. The van der Waals surface area contributed by atoms with Crippen molar-refractivity contribution in [2.45, 2.75) is 72.4 Å². The molecule has 3 unspecified atom stereocenters. The van der Waals surface area contributed by atoms with Crippen LogP contribution in [0.4, 0.5) is 0 Å². The Morgan fingerprint density at radius 1 is 0.964 bits per heavy atom. The van der Waals surface area contributed by atoms with E-state index in [4.69, 9.17) is 0 Å². The van der Waals surface area contributed by atoms with Crippen LogP contribution in [0.15, 0.2) is 24.3 Å². The number of ketones is 2. The first-order valence-corrected chi connectivity index (χ1v) is 10.8. The second-order valence-electron chi connectivity index (χ2n) is 9.80. The van der Waals surface area contributed by atoms with Gasteiger partial charge in [0.15, 0.2) is 11.6 Å². The summed E-state index contributed by atoms with van der Waals surface area (Å²) in [5.41, 5.74) is 0.108. The topological polar surface area (TPSA) is 40.6 Å². The lowest BCUT2D eigenvalue weighted by atomic mass is 9.73. The molecule has 160 valence electrons. The minimum atomic E-state index is 0.0566. The Hall–Kier alpha value is -1.26. The van der Waals surface area contributed by atoms with Gasteiger partial charge in [-0.1, -0.05) is 32.9 Å². The van der Waals surface area contributed by atoms with E-state index in [0.29, 0.717) is 12.0 Å². The third-order valence-electron chi connectivity index (χ3n) is 6.14. The molecule has 3 atom stereocenters. The molecular weight excluding hydrogens is 348 g/mol. The average molecular weight is 391 g/mol. The molecule has 1 rings (SSSR count). The SMILES string of the molecule is CC(C)C(=O)/C=C/CN(C)C1CCC1CC(C)C(=O)/C=C/CN(C)C(C)(C)C. The fourth-order valence-electron chi connectivity index (χ4n) is 3.40. The molecule has 1 aliphatic rings. The van der Waals surface area contributed by atoms with Crippen molar-refractivity contribution in [2.24, 2.45) is 17.8 Å². The molecule has 0 aromatic carbocycles. The summed E-state index contributed by atoms with van der Waals surface area (Å²) in [5.74, 6) is 1.11. The summed E-state index contributed by atoms with van der Waals surface area (Å²) in [5, 5.41) is 0. The Kier molecular flexibility index (Phi) is 9.79. The second kappa shape index (κ2) is 11.1. The first kappa shape index (κ1) is 24.8. The Morgan fingerprint density at radius 3 is 2.04 bits per heavy atom. The summed E-state index contributed by atoms with van der Waals surface area (Å²) < 4.78 is 0. The number of nitrogens with zero attached hydrogens (tertiary/aromatic N) is 2. The van der Waals surface area contributed by atoms with Crippen LogP contribution in [-0.4, -0.2) is 60.1 Å². The summed E-state index contributed by atoms with van der Waals surface area (Å²) in [6, 6.07) is 0.519. The lowest BCUT2D eigenvalue weighted by molar-refractivity contribution is -0.119. The predicted octanol–water partition coefficient (Wildman–Crippen LogP) is 4.36. The number of rotatable bonds is 11. The second-order valence-corrected chi connectivity index (χ2v) is 9.80. The molecule has 1 saturated carbocycles. The Labute approximate surface area is 173 Å². The van der Waals surface area contributed by atoms with Gasteiger partial charge in [-0.25, -0.2) is 0 Å². The van der Waals surface area contributed by atoms with E-state index in [9.17, 15) is 9.59 Å². The van der Waals surface area contributed by atoms with Crippen molar-refractivity contribution in [1.82, 2.24) is 9.80 Å². The van der Waals surface area contributed by atoms with Gasteiger partial charge in [-0.15, -0.1) is 0 Å². The minimum absolute atomic E-state index is 0.0566. The maximum absolute atomic E-state index is 12.5. The summed E-state index contributed by atoms with van der Waals surface area (Å²) in [6.07, 6.45) is 10.8. The molecule has 0 spiro atoms. The molecule has 0 amide bonds. The standard InChI is InChI=1S/C24H42N2O2/c1-18(2)22(27)11-9-15-25(7)21-14-13-20(21)17-19(3)23(28)12-10-16-26(8)24(4,5)6/h9-12,18-21H,13-17H2,1-8H3/b11-9+,12-10+. The van der Waals surface area contributed by atoms with E-state index < -0.39 is 0 Å². The smallest absolute Gasteiger partial charge is 0.158 e. The average Bonchev–Trinajstić information content (AvgIpc) is 2.56. The van der Waals surface area contributed by atoms with Crippen molar-refractivity contribution in [3.8, 4) is 0 Å². The highest BCUT2D eigenvalue weighted by Crippen LogP contribution is 2.36. The molecule has 1 aliphatic carbocycles. The van der Waals surface area contributed by atoms with Gasteiger partial charge in [-0.05, 0) is 72.2 Å². The lowest BCUT2D eigenvalue weighted by Gasteiger charge is -2.43. The summed E-state index contributed by atoms with van der Waals surface area (Å²) in [4.78, 5) is 28.7. The number of hydrogen-bond acceptors (Lipinski definition) is 4. The maximum atomic E-state index is 12.5. The fourth-order valence-corrected chi connectivity index (χ4v) is 3.40. The van der Waals surface area contributed by atoms with Crippen LogP contribution in [0.1, 0.15) is 60.8 Å². The van der Waals surface area contributed by atoms with Crippen LogP contribution >= 0.6 is 0 Å². The van der Waals surface area contributed by atoms with Crippen molar-refractivity contribution in [1.29, 1.82) is 0 Å². The summed E-state index contributed by atoms with van der Waals surface area (Å²) in [6.45, 7) is 14.0. The van der Waals surface area contributed by atoms with Crippen molar-refractivity contribution < 1.29 is 9.59 Å². The van der Waals surface area contributed by atoms with Crippen molar-refractivity contribution >= 4 is 11.6 Å². The highest BCUT2D eigenvalue weighted by Gasteiger charge is 2.35. The quantitative estimate of drug-likeness (QED) is 0.492. The third kappa shape index (κ3) is 8.00. The first-order valence-electron chi connectivity index (χ1n) is 10.8. The molecule has 0 saturated heterocycles. The van der Waals surface area contributed by atoms with Gasteiger partial charge < -0.3 is 0 Å². The number of allylic oxidation sites excluding steroid dienone is 2. The Morgan fingerprint density at radius 2 is 1.54 bits per heavy atom. The van der Waals surface area contributed by atoms with Gasteiger partial charge in [0.1, 0.15) is 0 Å². The Bertz CT molecular complexity index is 572. The number of carbonyl (C=O) groups is 2. The largest absolute Gasteiger partial charge is 0.299 e. The van der Waals surface area contributed by atoms with E-state index in [1.807, 2.05) is 26.0 Å². The third-order valence-corrected chi connectivity index (χ3v) is 6.14. The molecule has 0 bridgehead atoms. The van der Waals surface area contributed by atoms with Gasteiger partial charge in [0.05, 0.1) is 0 Å². The lowest BCUT2D eigenvalue weighted by Crippen LogP contribution is -2.46. The number of likely N-dealkylation sites (N-methyl/N-ethyl adjacent to an activating group) is 2. The molecule has 28 heavy (non-hydrogen) atoms. The molecular formula is C24H42N2O2. The first-order chi connectivity index (χ1) is 12.9. The van der Waals surface area contributed by atoms with Crippen LogP contribution < -0.4 is 0 Å². The van der Waals surface area contributed by atoms with Crippen molar-refractivity contribution in [3.63, 3.8) is 0 Å². The van der Waals surface area contributed by atoms with Crippen molar-refractivity contribution in [2.75, 3.05) is 27.2 Å². The van der Waals surface area contributed by atoms with Gasteiger partial charge in [-0.3, -0.25) is 19.4 Å². The molecule has 0 aliphatic heterocycles. The van der Waals surface area contributed by atoms with Crippen molar-refractivity contribution in [3.05, 3.63) is 24.3 Å². The summed E-state index contributed by atoms with van der Waals surface area (Å²) >= 11 is 0. The van der Waals surface area contributed by atoms with Crippen LogP contribution in [0.2, 0.25) is 0 Å². The van der Waals surface area contributed by atoms with Gasteiger partial charge in [0.2, 0.25) is 0 Å². The highest BCUT2D eigenvalue weighted by atomic mass is 16.1. The van der Waals surface area contributed by atoms with E-state index in [0.717, 1.165) is 19.5 Å². The van der Waals surface area contributed by atoms with Gasteiger partial charge >= 0.3 is 0 Å². The van der Waals surface area contributed by atoms with E-state index in [1.54, 1.807) is 12.2 Å². The zero-order chi connectivity index (χ0) is 21.5. The number of hydrogen-bond donors (Lipinski definition) is 0. The zero-order valence-corrected chi connectivity index (χ0v) is 19.4. The van der Waals surface area contributed by atoms with Crippen LogP contribution in [0.5, 0.6) is 0 Å². The Balaban J connectivity index is 2.44. The highest BCUT2D eigenvalue weighted by molar-refractivity contribution is 5.91. The fraction of sp³-hybridized carbons (Fsp3) is 0.750. The zero-order valence-electron chi connectivity index (χ0n) is 19.4. The molecule has 1 fully saturated rings. The van der Waals surface area contributed by atoms with E-state index in [1.165, 1.54) is 12.8 Å². The van der Waals surface area contributed by atoms with Crippen LogP contribution in [-0.2, 0) is 9.59 Å². The minimum Gasteiger partial charge on any atom is -0.299 e. The van der Waals surface area contributed by atoms with Gasteiger partial charge in [0.25, 0.3) is 0 Å². The predicted molar refractivity (Wildman–Crippen MR) is 118 cm³/mol. The molecule has 4 nitrogen and oxygen atoms in total. The van der Waals surface area contributed by atoms with Gasteiger partial charge in [0, 0.05) is 36.5 Å². The van der Waals surface area contributed by atoms with Crippen LogP contribution in [0, 0.1) is 17.8 Å². The normalized spacial score (nSPS) is 21.8. The van der Waals surface area contributed by atoms with Gasteiger partial charge in [-0.2, -0.15) is 0 Å². The molecule has 0 heterocycles. The van der Waals surface area contributed by atoms with E-state index in [2.05, 4.69) is 51.6 Å². The van der Waals surface area contributed by atoms with E-state index >= 15 is 0 Å².